The van der Waals surface area contributed by atoms with Crippen LogP contribution in [0.4, 0.5) is 0 Å². The summed E-state index contributed by atoms with van der Waals surface area (Å²) in [5, 5.41) is 10.3. The van der Waals surface area contributed by atoms with Gasteiger partial charge in [-0.05, 0) is 32.1 Å². The molecule has 21 heavy (non-hydrogen) atoms. The largest absolute Gasteiger partial charge is 0.469 e. The molecule has 1 amide bonds. The molecule has 0 aliphatic carbocycles. The molecule has 1 fully saturated rings. The van der Waals surface area contributed by atoms with Crippen LogP contribution in [0.5, 0.6) is 0 Å². The Bertz CT molecular complexity index is 392. The minimum atomic E-state index is -1.25. The highest BCUT2D eigenvalue weighted by molar-refractivity contribution is 5.85. The van der Waals surface area contributed by atoms with Gasteiger partial charge in [0.1, 0.15) is 0 Å². The lowest BCUT2D eigenvalue weighted by Crippen LogP contribution is -2.51. The molecule has 5 heteroatoms. The lowest BCUT2D eigenvalue weighted by Gasteiger charge is -2.39. The Hall–Kier alpha value is -1.10. The van der Waals surface area contributed by atoms with Crippen molar-refractivity contribution in [2.24, 2.45) is 11.3 Å². The van der Waals surface area contributed by atoms with E-state index in [1.807, 2.05) is 4.90 Å². The Labute approximate surface area is 127 Å². The van der Waals surface area contributed by atoms with Crippen molar-refractivity contribution >= 4 is 11.9 Å². The summed E-state index contributed by atoms with van der Waals surface area (Å²) in [5.74, 6) is -1.39. The molecule has 2 unspecified atom stereocenters. The number of carbonyl (C=O) groups is 2. The predicted molar refractivity (Wildman–Crippen MR) is 80.6 cm³/mol. The van der Waals surface area contributed by atoms with E-state index in [2.05, 4.69) is 25.5 Å². The number of ether oxygens (including phenoxy) is 1. The van der Waals surface area contributed by atoms with Crippen LogP contribution >= 0.6 is 0 Å². The second-order valence-corrected chi connectivity index (χ2v) is 7.54. The van der Waals surface area contributed by atoms with Crippen LogP contribution in [0.1, 0.15) is 53.9 Å². The van der Waals surface area contributed by atoms with Gasteiger partial charge in [-0.3, -0.25) is 9.59 Å². The second kappa shape index (κ2) is 6.34. The molecule has 1 saturated heterocycles. The van der Waals surface area contributed by atoms with Gasteiger partial charge in [0, 0.05) is 12.6 Å². The normalized spacial score (nSPS) is 21.3. The van der Waals surface area contributed by atoms with Crippen molar-refractivity contribution in [3.63, 3.8) is 0 Å². The maximum atomic E-state index is 12.9. The fourth-order valence-electron chi connectivity index (χ4n) is 3.02. The van der Waals surface area contributed by atoms with Crippen LogP contribution in [0.15, 0.2) is 0 Å². The van der Waals surface area contributed by atoms with Crippen molar-refractivity contribution < 1.29 is 19.4 Å². The quantitative estimate of drug-likeness (QED) is 0.806. The van der Waals surface area contributed by atoms with E-state index < -0.39 is 17.5 Å². The molecule has 122 valence electrons. The number of carbonyl (C=O) groups excluding carboxylic acids is 2. The van der Waals surface area contributed by atoms with Gasteiger partial charge in [0.2, 0.25) is 5.91 Å². The molecule has 1 aliphatic rings. The van der Waals surface area contributed by atoms with Crippen molar-refractivity contribution in [3.8, 4) is 0 Å². The van der Waals surface area contributed by atoms with Crippen LogP contribution in [0, 0.1) is 11.3 Å². The summed E-state index contributed by atoms with van der Waals surface area (Å²) in [7, 11) is 1.29. The van der Waals surface area contributed by atoms with E-state index in [-0.39, 0.29) is 23.8 Å². The number of amides is 1. The predicted octanol–water partition coefficient (Wildman–Crippen LogP) is 1.97. The standard InChI is InChI=1S/C16H29NO4/c1-15(2,3)12-8-7-9-17(12)14(19)11(16(4,5)20)10-13(18)21-6/h11-12,20H,7-10H2,1-6H3. The fourth-order valence-corrected chi connectivity index (χ4v) is 3.02. The van der Waals surface area contributed by atoms with Crippen molar-refractivity contribution in [2.45, 2.75) is 65.5 Å². The van der Waals surface area contributed by atoms with Gasteiger partial charge >= 0.3 is 5.97 Å². The summed E-state index contributed by atoms with van der Waals surface area (Å²) in [5.41, 5.74) is -1.27. The summed E-state index contributed by atoms with van der Waals surface area (Å²) in [6, 6.07) is 0.146. The zero-order valence-electron chi connectivity index (χ0n) is 14.1. The highest BCUT2D eigenvalue weighted by Gasteiger charge is 2.43. The molecule has 0 aromatic carbocycles. The van der Waals surface area contributed by atoms with E-state index in [0.717, 1.165) is 12.8 Å². The number of hydrogen-bond acceptors (Lipinski definition) is 4. The Morgan fingerprint density at radius 1 is 1.29 bits per heavy atom. The first-order valence-corrected chi connectivity index (χ1v) is 7.58. The average Bonchev–Trinajstić information content (AvgIpc) is 2.82. The molecule has 5 nitrogen and oxygen atoms in total. The number of aliphatic hydroxyl groups is 1. The van der Waals surface area contributed by atoms with E-state index in [0.29, 0.717) is 6.54 Å². The first-order chi connectivity index (χ1) is 9.48. The molecular formula is C16H29NO4. The van der Waals surface area contributed by atoms with Gasteiger partial charge in [0.25, 0.3) is 0 Å². The van der Waals surface area contributed by atoms with Crippen LogP contribution < -0.4 is 0 Å². The Morgan fingerprint density at radius 3 is 2.29 bits per heavy atom. The highest BCUT2D eigenvalue weighted by atomic mass is 16.5. The molecule has 1 aliphatic heterocycles. The number of nitrogens with zero attached hydrogens (tertiary/aromatic N) is 1. The van der Waals surface area contributed by atoms with Gasteiger partial charge in [0.15, 0.2) is 0 Å². The molecule has 0 radical (unpaired) electrons. The first kappa shape index (κ1) is 18.0. The van der Waals surface area contributed by atoms with Crippen LogP contribution in [-0.4, -0.2) is 47.2 Å². The molecule has 1 rings (SSSR count). The maximum absolute atomic E-state index is 12.9. The first-order valence-electron chi connectivity index (χ1n) is 7.58. The van der Waals surface area contributed by atoms with Crippen LogP contribution in [0.25, 0.3) is 0 Å². The van der Waals surface area contributed by atoms with Crippen LogP contribution in [-0.2, 0) is 14.3 Å². The number of rotatable bonds is 4. The molecule has 2 atom stereocenters. The zero-order valence-corrected chi connectivity index (χ0v) is 14.1. The van der Waals surface area contributed by atoms with Crippen LogP contribution in [0.3, 0.4) is 0 Å². The van der Waals surface area contributed by atoms with Gasteiger partial charge in [-0.1, -0.05) is 20.8 Å². The van der Waals surface area contributed by atoms with Crippen molar-refractivity contribution in [3.05, 3.63) is 0 Å². The minimum absolute atomic E-state index is 0.0123. The molecule has 0 bridgehead atoms. The Morgan fingerprint density at radius 2 is 1.86 bits per heavy atom. The SMILES string of the molecule is COC(=O)CC(C(=O)N1CCCC1C(C)(C)C)C(C)(C)O. The van der Waals surface area contributed by atoms with Gasteiger partial charge in [-0.2, -0.15) is 0 Å². The summed E-state index contributed by atoms with van der Waals surface area (Å²) in [4.78, 5) is 26.3. The van der Waals surface area contributed by atoms with E-state index in [9.17, 15) is 14.7 Å². The molecular weight excluding hydrogens is 270 g/mol. The average molecular weight is 299 g/mol. The summed E-state index contributed by atoms with van der Waals surface area (Å²) in [6.45, 7) is 10.2. The summed E-state index contributed by atoms with van der Waals surface area (Å²) in [6.07, 6.45) is 1.84. The molecule has 1 N–H and O–H groups in total. The Balaban J connectivity index is 2.97. The molecule has 0 aromatic rings. The second-order valence-electron chi connectivity index (χ2n) is 7.54. The van der Waals surface area contributed by atoms with E-state index in [1.165, 1.54) is 7.11 Å². The number of hydrogen-bond donors (Lipinski definition) is 1. The van der Waals surface area contributed by atoms with Crippen LogP contribution in [0.2, 0.25) is 0 Å². The third-order valence-electron chi connectivity index (χ3n) is 4.28. The van der Waals surface area contributed by atoms with Gasteiger partial charge in [-0.15, -0.1) is 0 Å². The third-order valence-corrected chi connectivity index (χ3v) is 4.28. The molecule has 0 spiro atoms. The van der Waals surface area contributed by atoms with E-state index in [4.69, 9.17) is 0 Å². The van der Waals surface area contributed by atoms with Gasteiger partial charge in [-0.25, -0.2) is 0 Å². The Kier molecular flexibility index (Phi) is 5.42. The number of esters is 1. The summed E-state index contributed by atoms with van der Waals surface area (Å²) >= 11 is 0. The van der Waals surface area contributed by atoms with Crippen molar-refractivity contribution in [1.82, 2.24) is 4.90 Å². The van der Waals surface area contributed by atoms with E-state index in [1.54, 1.807) is 13.8 Å². The lowest BCUT2D eigenvalue weighted by atomic mass is 9.82. The topological polar surface area (TPSA) is 66.8 Å². The smallest absolute Gasteiger partial charge is 0.306 e. The van der Waals surface area contributed by atoms with Crippen molar-refractivity contribution in [2.75, 3.05) is 13.7 Å². The maximum Gasteiger partial charge on any atom is 0.306 e. The van der Waals surface area contributed by atoms with E-state index >= 15 is 0 Å². The van der Waals surface area contributed by atoms with Gasteiger partial charge < -0.3 is 14.7 Å². The number of methoxy groups -OCH3 is 1. The van der Waals surface area contributed by atoms with Gasteiger partial charge in [0.05, 0.1) is 25.0 Å². The molecule has 1 heterocycles. The fraction of sp³-hybridized carbons (Fsp3) is 0.875. The zero-order chi connectivity index (χ0) is 16.4. The third kappa shape index (κ3) is 4.43. The molecule has 0 saturated carbocycles. The monoisotopic (exact) mass is 299 g/mol. The lowest BCUT2D eigenvalue weighted by molar-refractivity contribution is -0.155. The molecule has 0 aromatic heterocycles. The summed E-state index contributed by atoms with van der Waals surface area (Å²) < 4.78 is 4.66. The highest BCUT2D eigenvalue weighted by Crippen LogP contribution is 2.35. The van der Waals surface area contributed by atoms with Crippen molar-refractivity contribution in [1.29, 1.82) is 0 Å². The number of likely N-dealkylation sites (tertiary alicyclic amines) is 1. The minimum Gasteiger partial charge on any atom is -0.469 e.